The van der Waals surface area contributed by atoms with Crippen molar-refractivity contribution in [3.8, 4) is 0 Å². The van der Waals surface area contributed by atoms with Crippen LogP contribution in [0.15, 0.2) is 72.9 Å². The minimum Gasteiger partial charge on any atom is -0.358 e. The Balaban J connectivity index is 1.62. The van der Waals surface area contributed by atoms with Crippen molar-refractivity contribution in [2.24, 2.45) is 0 Å². The summed E-state index contributed by atoms with van der Waals surface area (Å²) in [5.74, 6) is -0.462. The fourth-order valence-corrected chi connectivity index (χ4v) is 3.48. The average molecular weight is 373 g/mol. The van der Waals surface area contributed by atoms with E-state index in [9.17, 15) is 9.18 Å². The number of hydrogen-bond donors (Lipinski definition) is 2. The largest absolute Gasteiger partial charge is 0.358 e. The van der Waals surface area contributed by atoms with Crippen LogP contribution in [0.25, 0.3) is 10.9 Å². The van der Waals surface area contributed by atoms with Gasteiger partial charge >= 0.3 is 0 Å². The normalized spacial score (nSPS) is 12.1. The van der Waals surface area contributed by atoms with Gasteiger partial charge in [0.15, 0.2) is 0 Å². The van der Waals surface area contributed by atoms with Crippen LogP contribution in [-0.2, 0) is 11.2 Å². The van der Waals surface area contributed by atoms with Gasteiger partial charge in [-0.15, -0.1) is 0 Å². The smallest absolute Gasteiger partial charge is 0.225 e. The quantitative estimate of drug-likeness (QED) is 0.543. The predicted octanol–water partition coefficient (Wildman–Crippen LogP) is 4.46. The van der Waals surface area contributed by atoms with Gasteiger partial charge in [0.25, 0.3) is 0 Å². The maximum absolute atomic E-state index is 13.7. The number of rotatable bonds is 5. The summed E-state index contributed by atoms with van der Waals surface area (Å²) in [4.78, 5) is 20.5. The molecule has 2 aromatic carbocycles. The number of benzene rings is 2. The van der Waals surface area contributed by atoms with E-state index in [1.807, 2.05) is 55.5 Å². The van der Waals surface area contributed by atoms with Crippen molar-refractivity contribution >= 4 is 16.8 Å². The molecule has 0 aliphatic carbocycles. The molecule has 1 unspecified atom stereocenters. The molecular formula is C23H20FN3O. The molecule has 0 aliphatic heterocycles. The molecule has 4 aromatic rings. The van der Waals surface area contributed by atoms with Crippen molar-refractivity contribution in [2.45, 2.75) is 19.4 Å². The Bertz CT molecular complexity index is 1070. The number of aryl methyl sites for hydroxylation is 1. The van der Waals surface area contributed by atoms with E-state index in [1.165, 1.54) is 12.1 Å². The van der Waals surface area contributed by atoms with Crippen LogP contribution in [-0.4, -0.2) is 15.9 Å². The molecule has 0 radical (unpaired) electrons. The Morgan fingerprint density at radius 2 is 1.89 bits per heavy atom. The predicted molar refractivity (Wildman–Crippen MR) is 107 cm³/mol. The number of carbonyl (C=O) groups excluding carboxylic acids is 1. The molecule has 0 bridgehead atoms. The van der Waals surface area contributed by atoms with Crippen LogP contribution in [0.1, 0.15) is 28.6 Å². The van der Waals surface area contributed by atoms with Gasteiger partial charge in [0.1, 0.15) is 5.82 Å². The maximum Gasteiger partial charge on any atom is 0.225 e. The lowest BCUT2D eigenvalue weighted by atomic mass is 10.0. The lowest BCUT2D eigenvalue weighted by molar-refractivity contribution is -0.120. The monoisotopic (exact) mass is 373 g/mol. The lowest BCUT2D eigenvalue weighted by Crippen LogP contribution is -2.31. The number of fused-ring (bicyclic) bond motifs is 1. The number of nitrogens with one attached hydrogen (secondary N) is 2. The Morgan fingerprint density at radius 3 is 2.64 bits per heavy atom. The molecule has 1 atom stereocenters. The molecule has 0 saturated heterocycles. The Hall–Kier alpha value is -3.47. The van der Waals surface area contributed by atoms with Gasteiger partial charge in [-0.25, -0.2) is 4.39 Å². The van der Waals surface area contributed by atoms with Gasteiger partial charge in [-0.3, -0.25) is 9.78 Å². The highest BCUT2D eigenvalue weighted by Gasteiger charge is 2.20. The fourth-order valence-electron chi connectivity index (χ4n) is 3.48. The number of nitrogens with zero attached hydrogens (tertiary/aromatic N) is 1. The van der Waals surface area contributed by atoms with Gasteiger partial charge in [-0.2, -0.15) is 0 Å². The number of aromatic amines is 1. The van der Waals surface area contributed by atoms with Crippen LogP contribution in [0.4, 0.5) is 4.39 Å². The van der Waals surface area contributed by atoms with Crippen molar-refractivity contribution in [1.29, 1.82) is 0 Å². The Morgan fingerprint density at radius 1 is 1.11 bits per heavy atom. The van der Waals surface area contributed by atoms with E-state index in [1.54, 1.807) is 12.3 Å². The Labute approximate surface area is 162 Å². The molecule has 0 saturated carbocycles. The van der Waals surface area contributed by atoms with Crippen LogP contribution < -0.4 is 5.32 Å². The third-order valence-electron chi connectivity index (χ3n) is 4.84. The van der Waals surface area contributed by atoms with Gasteiger partial charge in [0, 0.05) is 22.8 Å². The molecule has 140 valence electrons. The zero-order valence-corrected chi connectivity index (χ0v) is 15.4. The minimum absolute atomic E-state index is 0.146. The standard InChI is InChI=1S/C23H20FN3O/c1-15-18(19-13-17(24)10-11-20(19)26-15)14-22(28)27-23(16-7-3-2-4-8-16)21-9-5-6-12-25-21/h2-13,23,26H,14H2,1H3,(H,27,28). The summed E-state index contributed by atoms with van der Waals surface area (Å²) < 4.78 is 13.7. The summed E-state index contributed by atoms with van der Waals surface area (Å²) in [6.07, 6.45) is 1.87. The third-order valence-corrected chi connectivity index (χ3v) is 4.84. The zero-order chi connectivity index (χ0) is 19.5. The zero-order valence-electron chi connectivity index (χ0n) is 15.4. The summed E-state index contributed by atoms with van der Waals surface area (Å²) in [6.45, 7) is 1.90. The first-order valence-electron chi connectivity index (χ1n) is 9.14. The summed E-state index contributed by atoms with van der Waals surface area (Å²) in [5, 5.41) is 3.82. The van der Waals surface area contributed by atoms with Gasteiger partial charge in [-0.1, -0.05) is 36.4 Å². The van der Waals surface area contributed by atoms with Crippen LogP contribution in [0, 0.1) is 12.7 Å². The summed E-state index contributed by atoms with van der Waals surface area (Å²) >= 11 is 0. The average Bonchev–Trinajstić information content (AvgIpc) is 3.02. The van der Waals surface area contributed by atoms with Gasteiger partial charge in [-0.05, 0) is 48.4 Å². The second-order valence-corrected chi connectivity index (χ2v) is 6.76. The van der Waals surface area contributed by atoms with Crippen molar-refractivity contribution in [3.63, 3.8) is 0 Å². The first-order chi connectivity index (χ1) is 13.6. The van der Waals surface area contributed by atoms with Crippen molar-refractivity contribution < 1.29 is 9.18 Å². The maximum atomic E-state index is 13.7. The van der Waals surface area contributed by atoms with Crippen LogP contribution in [0.3, 0.4) is 0 Å². The van der Waals surface area contributed by atoms with Crippen molar-refractivity contribution in [1.82, 2.24) is 15.3 Å². The number of H-pyrrole nitrogens is 1. The first kappa shape index (κ1) is 17.9. The molecule has 0 fully saturated rings. The number of pyridine rings is 1. The van der Waals surface area contributed by atoms with Crippen molar-refractivity contribution in [2.75, 3.05) is 0 Å². The van der Waals surface area contributed by atoms with E-state index < -0.39 is 0 Å². The summed E-state index contributed by atoms with van der Waals surface area (Å²) in [7, 11) is 0. The van der Waals surface area contributed by atoms with E-state index in [0.29, 0.717) is 0 Å². The molecule has 0 spiro atoms. The molecule has 4 nitrogen and oxygen atoms in total. The van der Waals surface area contributed by atoms with E-state index in [4.69, 9.17) is 0 Å². The molecule has 2 heterocycles. The highest BCUT2D eigenvalue weighted by molar-refractivity contribution is 5.90. The number of amides is 1. The van der Waals surface area contributed by atoms with Crippen molar-refractivity contribution in [3.05, 3.63) is 101 Å². The first-order valence-corrected chi connectivity index (χ1v) is 9.14. The highest BCUT2D eigenvalue weighted by atomic mass is 19.1. The molecule has 1 amide bonds. The van der Waals surface area contributed by atoms with Crippen LogP contribution in [0.2, 0.25) is 0 Å². The van der Waals surface area contributed by atoms with Gasteiger partial charge < -0.3 is 10.3 Å². The molecule has 2 N–H and O–H groups in total. The highest BCUT2D eigenvalue weighted by Crippen LogP contribution is 2.25. The molecule has 4 rings (SSSR count). The fraction of sp³-hybridized carbons (Fsp3) is 0.130. The second-order valence-electron chi connectivity index (χ2n) is 6.76. The van der Waals surface area contributed by atoms with Gasteiger partial charge in [0.05, 0.1) is 18.2 Å². The molecule has 5 heteroatoms. The number of carbonyl (C=O) groups is 1. The van der Waals surface area contributed by atoms with Crippen LogP contribution >= 0.6 is 0 Å². The third kappa shape index (κ3) is 3.64. The molecular weight excluding hydrogens is 353 g/mol. The number of aromatic nitrogens is 2. The van der Waals surface area contributed by atoms with E-state index in [-0.39, 0.29) is 24.2 Å². The number of hydrogen-bond acceptors (Lipinski definition) is 2. The van der Waals surface area contributed by atoms with E-state index >= 15 is 0 Å². The lowest BCUT2D eigenvalue weighted by Gasteiger charge is -2.19. The number of halogens is 1. The van der Waals surface area contributed by atoms with Gasteiger partial charge in [0.2, 0.25) is 5.91 Å². The van der Waals surface area contributed by atoms with E-state index in [0.717, 1.165) is 33.4 Å². The topological polar surface area (TPSA) is 57.8 Å². The summed E-state index contributed by atoms with van der Waals surface area (Å²) in [5.41, 5.74) is 4.22. The molecule has 28 heavy (non-hydrogen) atoms. The molecule has 0 aliphatic rings. The SMILES string of the molecule is Cc1[nH]c2ccc(F)cc2c1CC(=O)NC(c1ccccc1)c1ccccn1. The van der Waals surface area contributed by atoms with E-state index in [2.05, 4.69) is 15.3 Å². The minimum atomic E-state index is -0.350. The second kappa shape index (κ2) is 7.64. The Kier molecular flexibility index (Phi) is 4.89. The van der Waals surface area contributed by atoms with Crippen LogP contribution in [0.5, 0.6) is 0 Å². The summed E-state index contributed by atoms with van der Waals surface area (Å²) in [6, 6.07) is 19.6. The molecule has 2 aromatic heterocycles.